The van der Waals surface area contributed by atoms with Crippen LogP contribution in [0.5, 0.6) is 17.2 Å². The van der Waals surface area contributed by atoms with Gasteiger partial charge in [-0.1, -0.05) is 13.0 Å². The van der Waals surface area contributed by atoms with E-state index in [1.807, 2.05) is 0 Å². The van der Waals surface area contributed by atoms with Crippen LogP contribution in [0, 0.1) is 5.92 Å². The number of hydrogen-bond acceptors (Lipinski definition) is 5. The first-order valence-electron chi connectivity index (χ1n) is 7.84. The van der Waals surface area contributed by atoms with Gasteiger partial charge in [0, 0.05) is 12.1 Å². The van der Waals surface area contributed by atoms with Crippen molar-refractivity contribution in [2.75, 3.05) is 27.9 Å². The normalized spacial score (nSPS) is 17.9. The van der Waals surface area contributed by atoms with Crippen LogP contribution >= 0.6 is 0 Å². The quantitative estimate of drug-likeness (QED) is 0.591. The minimum Gasteiger partial charge on any atom is -0.493 e. The van der Waals surface area contributed by atoms with Gasteiger partial charge in [-0.2, -0.15) is 0 Å². The summed E-state index contributed by atoms with van der Waals surface area (Å²) in [5.41, 5.74) is 0.369. The lowest BCUT2D eigenvalue weighted by molar-refractivity contribution is -0.130. The maximum Gasteiger partial charge on any atom is 0.237 e. The maximum absolute atomic E-state index is 12.9. The molecular formula is C18H23NO5. The number of nitrogens with zero attached hydrogens (tertiary/aromatic N) is 1. The fraction of sp³-hybridized carbons (Fsp3) is 0.444. The van der Waals surface area contributed by atoms with E-state index in [-0.39, 0.29) is 11.7 Å². The molecule has 1 saturated heterocycles. The molecule has 1 fully saturated rings. The summed E-state index contributed by atoms with van der Waals surface area (Å²) in [6.45, 7) is 4.26. The second-order valence-corrected chi connectivity index (χ2v) is 5.54. The second-order valence-electron chi connectivity index (χ2n) is 5.54. The minimum absolute atomic E-state index is 0.207. The number of Topliss-reactive ketones (excluding diaryl/α,β-unsaturated/α-hetero) is 1. The molecule has 130 valence electrons. The Hall–Kier alpha value is -2.50. The molecule has 0 radical (unpaired) electrons. The fourth-order valence-corrected chi connectivity index (χ4v) is 2.91. The molecule has 2 rings (SSSR count). The van der Waals surface area contributed by atoms with E-state index in [0.29, 0.717) is 35.8 Å². The highest BCUT2D eigenvalue weighted by Gasteiger charge is 2.33. The van der Waals surface area contributed by atoms with E-state index >= 15 is 0 Å². The molecule has 1 unspecified atom stereocenters. The van der Waals surface area contributed by atoms with E-state index in [1.54, 1.807) is 12.1 Å². The van der Waals surface area contributed by atoms with Gasteiger partial charge < -0.3 is 19.1 Å². The largest absolute Gasteiger partial charge is 0.493 e. The molecule has 1 aromatic rings. The molecule has 1 aromatic carbocycles. The van der Waals surface area contributed by atoms with Gasteiger partial charge in [0.25, 0.3) is 0 Å². The molecule has 1 heterocycles. The van der Waals surface area contributed by atoms with E-state index in [1.165, 1.54) is 32.4 Å². The van der Waals surface area contributed by atoms with Crippen LogP contribution in [0.25, 0.3) is 0 Å². The Morgan fingerprint density at radius 1 is 1.17 bits per heavy atom. The van der Waals surface area contributed by atoms with Crippen LogP contribution in [0.1, 0.15) is 29.6 Å². The van der Waals surface area contributed by atoms with E-state index < -0.39 is 5.92 Å². The zero-order valence-electron chi connectivity index (χ0n) is 14.3. The van der Waals surface area contributed by atoms with E-state index in [9.17, 15) is 9.59 Å². The van der Waals surface area contributed by atoms with Crippen molar-refractivity contribution in [1.29, 1.82) is 0 Å². The number of likely N-dealkylation sites (tertiary alicyclic amines) is 1. The highest BCUT2D eigenvalue weighted by atomic mass is 16.5. The first-order chi connectivity index (χ1) is 11.6. The van der Waals surface area contributed by atoms with Crippen LogP contribution < -0.4 is 14.2 Å². The lowest BCUT2D eigenvalue weighted by Gasteiger charge is -2.20. The Morgan fingerprint density at radius 2 is 1.79 bits per heavy atom. The van der Waals surface area contributed by atoms with Gasteiger partial charge in [0.05, 0.1) is 21.3 Å². The predicted octanol–water partition coefficient (Wildman–Crippen LogP) is 2.67. The molecule has 1 aliphatic rings. The number of hydrogen-bond donors (Lipinski definition) is 0. The van der Waals surface area contributed by atoms with Crippen molar-refractivity contribution in [3.63, 3.8) is 0 Å². The van der Waals surface area contributed by atoms with Gasteiger partial charge >= 0.3 is 0 Å². The SMILES string of the molecule is C=CN1CCCCC(C(=O)c2cc(OC)c(OC)c(OC)c2)C1=O. The number of benzene rings is 1. The first-order valence-corrected chi connectivity index (χ1v) is 7.84. The van der Waals surface area contributed by atoms with Crippen molar-refractivity contribution < 1.29 is 23.8 Å². The van der Waals surface area contributed by atoms with Crippen LogP contribution in [0.4, 0.5) is 0 Å². The van der Waals surface area contributed by atoms with Crippen LogP contribution in [0.15, 0.2) is 24.9 Å². The fourth-order valence-electron chi connectivity index (χ4n) is 2.91. The molecule has 0 aliphatic carbocycles. The molecule has 0 bridgehead atoms. The number of carbonyl (C=O) groups is 2. The lowest BCUT2D eigenvalue weighted by atomic mass is 9.92. The van der Waals surface area contributed by atoms with Gasteiger partial charge in [0.2, 0.25) is 11.7 Å². The number of methoxy groups -OCH3 is 3. The lowest BCUT2D eigenvalue weighted by Crippen LogP contribution is -2.34. The van der Waals surface area contributed by atoms with Gasteiger partial charge in [-0.3, -0.25) is 9.59 Å². The predicted molar refractivity (Wildman–Crippen MR) is 89.7 cm³/mol. The van der Waals surface area contributed by atoms with Gasteiger partial charge in [0.1, 0.15) is 5.92 Å². The van der Waals surface area contributed by atoms with E-state index in [0.717, 1.165) is 12.8 Å². The van der Waals surface area contributed by atoms with Crippen molar-refractivity contribution >= 4 is 11.7 Å². The van der Waals surface area contributed by atoms with Crippen LogP contribution in [-0.4, -0.2) is 44.5 Å². The Balaban J connectivity index is 2.41. The van der Waals surface area contributed by atoms with Crippen molar-refractivity contribution in [3.05, 3.63) is 30.5 Å². The van der Waals surface area contributed by atoms with Gasteiger partial charge in [-0.05, 0) is 31.2 Å². The molecular weight excluding hydrogens is 310 g/mol. The highest BCUT2D eigenvalue weighted by Crippen LogP contribution is 2.39. The molecule has 1 atom stereocenters. The summed E-state index contributed by atoms with van der Waals surface area (Å²) >= 11 is 0. The first kappa shape index (κ1) is 17.8. The van der Waals surface area contributed by atoms with E-state index in [2.05, 4.69) is 6.58 Å². The summed E-state index contributed by atoms with van der Waals surface area (Å²) in [6.07, 6.45) is 3.69. The third-order valence-electron chi connectivity index (χ3n) is 4.21. The number of amides is 1. The summed E-state index contributed by atoms with van der Waals surface area (Å²) in [5, 5.41) is 0. The van der Waals surface area contributed by atoms with Gasteiger partial charge in [-0.15, -0.1) is 0 Å². The number of carbonyl (C=O) groups excluding carboxylic acids is 2. The Morgan fingerprint density at radius 3 is 2.29 bits per heavy atom. The molecule has 1 amide bonds. The smallest absolute Gasteiger partial charge is 0.237 e. The Kier molecular flexibility index (Phi) is 5.84. The zero-order chi connectivity index (χ0) is 17.7. The number of ether oxygens (including phenoxy) is 3. The molecule has 1 aliphatic heterocycles. The molecule has 6 heteroatoms. The van der Waals surface area contributed by atoms with Crippen LogP contribution in [0.2, 0.25) is 0 Å². The molecule has 0 saturated carbocycles. The van der Waals surface area contributed by atoms with Crippen molar-refractivity contribution in [1.82, 2.24) is 4.90 Å². The van der Waals surface area contributed by atoms with E-state index in [4.69, 9.17) is 14.2 Å². The number of rotatable bonds is 6. The van der Waals surface area contributed by atoms with Crippen LogP contribution in [-0.2, 0) is 4.79 Å². The Bertz CT molecular complexity index is 615. The average molecular weight is 333 g/mol. The minimum atomic E-state index is -0.715. The van der Waals surface area contributed by atoms with Crippen molar-refractivity contribution in [2.45, 2.75) is 19.3 Å². The Labute approximate surface area is 142 Å². The summed E-state index contributed by atoms with van der Waals surface area (Å²) < 4.78 is 15.8. The van der Waals surface area contributed by atoms with Crippen LogP contribution in [0.3, 0.4) is 0 Å². The summed E-state index contributed by atoms with van der Waals surface area (Å²) in [7, 11) is 4.47. The number of ketones is 1. The monoisotopic (exact) mass is 333 g/mol. The molecule has 0 aromatic heterocycles. The molecule has 0 spiro atoms. The zero-order valence-corrected chi connectivity index (χ0v) is 14.3. The van der Waals surface area contributed by atoms with Gasteiger partial charge in [0.15, 0.2) is 17.3 Å². The average Bonchev–Trinajstić information content (AvgIpc) is 2.80. The molecule has 6 nitrogen and oxygen atoms in total. The van der Waals surface area contributed by atoms with Gasteiger partial charge in [-0.25, -0.2) is 0 Å². The topological polar surface area (TPSA) is 65.1 Å². The molecule has 24 heavy (non-hydrogen) atoms. The summed E-state index contributed by atoms with van der Waals surface area (Å²) in [4.78, 5) is 27.0. The standard InChI is InChI=1S/C18H23NO5/c1-5-19-9-7-6-8-13(18(19)21)16(20)12-10-14(22-2)17(24-4)15(11-12)23-3/h5,10-11,13H,1,6-9H2,2-4H3. The summed E-state index contributed by atoms with van der Waals surface area (Å²) in [5.74, 6) is 0.0303. The maximum atomic E-state index is 12.9. The van der Waals surface area contributed by atoms with Crippen molar-refractivity contribution in [3.8, 4) is 17.2 Å². The highest BCUT2D eigenvalue weighted by molar-refractivity contribution is 6.10. The second kappa shape index (κ2) is 7.86. The summed E-state index contributed by atoms with van der Waals surface area (Å²) in [6, 6.07) is 3.17. The third kappa shape index (κ3) is 3.37. The molecule has 0 N–H and O–H groups in total. The van der Waals surface area contributed by atoms with Crippen molar-refractivity contribution in [2.24, 2.45) is 5.92 Å². The third-order valence-corrected chi connectivity index (χ3v) is 4.21.